The van der Waals surface area contributed by atoms with Crippen LogP contribution in [0.3, 0.4) is 0 Å². The largest absolute Gasteiger partial charge is 0.411 e. The molecule has 0 bridgehead atoms. The second kappa shape index (κ2) is 9.10. The predicted molar refractivity (Wildman–Crippen MR) is 102 cm³/mol. The van der Waals surface area contributed by atoms with Gasteiger partial charge in [0.1, 0.15) is 0 Å². The molecule has 0 aromatic heterocycles. The molecular weight excluding hydrogens is 444 g/mol. The third-order valence-corrected chi connectivity index (χ3v) is 5.09. The normalized spacial score (nSPS) is 12.4. The highest BCUT2D eigenvalue weighted by Gasteiger charge is 2.09. The van der Waals surface area contributed by atoms with Crippen molar-refractivity contribution in [2.24, 2.45) is 10.3 Å². The van der Waals surface area contributed by atoms with Gasteiger partial charge in [0, 0.05) is 31.6 Å². The fourth-order valence-electron chi connectivity index (χ4n) is 1.87. The summed E-state index contributed by atoms with van der Waals surface area (Å²) in [7, 11) is 0. The van der Waals surface area contributed by atoms with Crippen molar-refractivity contribution in [3.8, 4) is 0 Å². The molecule has 2 rings (SSSR count). The Kier molecular flexibility index (Phi) is 7.14. The first kappa shape index (κ1) is 18.0. The van der Waals surface area contributed by atoms with Crippen LogP contribution in [0.2, 0.25) is 0 Å². The van der Waals surface area contributed by atoms with E-state index in [1.54, 1.807) is 0 Å². The Hall–Kier alpha value is -1.31. The van der Waals surface area contributed by atoms with E-state index < -0.39 is 0 Å². The number of nitrogens with zero attached hydrogens (tertiary/aromatic N) is 2. The van der Waals surface area contributed by atoms with E-state index >= 15 is 0 Å². The predicted octanol–water partition coefficient (Wildman–Crippen LogP) is 5.00. The van der Waals surface area contributed by atoms with Gasteiger partial charge in [-0.25, -0.2) is 0 Å². The summed E-state index contributed by atoms with van der Waals surface area (Å²) < 4.78 is 1.94. The summed E-state index contributed by atoms with van der Waals surface area (Å²) in [6.07, 6.45) is 0. The van der Waals surface area contributed by atoms with Crippen LogP contribution < -0.4 is 0 Å². The second-order valence-corrected chi connectivity index (χ2v) is 7.42. The molecular formula is C16H14Br2N2O2S. The van der Waals surface area contributed by atoms with E-state index in [4.69, 9.17) is 0 Å². The standard InChI is InChI=1S/C16H14Br2N2O2S/c17-13-5-1-11(2-6-13)15(19-21)9-23-10-16(20-22)12-3-7-14(18)8-4-12/h1-8,21-22H,9-10H2/b19-15-,20-16-. The van der Waals surface area contributed by atoms with Gasteiger partial charge < -0.3 is 10.4 Å². The zero-order valence-electron chi connectivity index (χ0n) is 12.0. The molecule has 120 valence electrons. The number of hydrogen-bond donors (Lipinski definition) is 2. The molecule has 0 saturated carbocycles. The summed E-state index contributed by atoms with van der Waals surface area (Å²) in [5.74, 6) is 1.02. The minimum Gasteiger partial charge on any atom is -0.411 e. The third kappa shape index (κ3) is 5.37. The van der Waals surface area contributed by atoms with Gasteiger partial charge in [-0.1, -0.05) is 66.4 Å². The SMILES string of the molecule is O/N=C(/CSC/C(=N/O)c1ccc(Br)cc1)c1ccc(Br)cc1. The lowest BCUT2D eigenvalue weighted by Crippen LogP contribution is -2.09. The van der Waals surface area contributed by atoms with E-state index in [-0.39, 0.29) is 0 Å². The highest BCUT2D eigenvalue weighted by molar-refractivity contribution is 9.10. The molecule has 0 aliphatic rings. The van der Waals surface area contributed by atoms with Gasteiger partial charge in [-0.2, -0.15) is 0 Å². The average Bonchev–Trinajstić information content (AvgIpc) is 2.57. The van der Waals surface area contributed by atoms with E-state index in [0.29, 0.717) is 22.9 Å². The Labute approximate surface area is 155 Å². The molecule has 0 amide bonds. The van der Waals surface area contributed by atoms with Crippen molar-refractivity contribution in [1.29, 1.82) is 0 Å². The molecule has 0 spiro atoms. The van der Waals surface area contributed by atoms with Gasteiger partial charge in [-0.15, -0.1) is 11.8 Å². The van der Waals surface area contributed by atoms with Crippen molar-refractivity contribution in [3.05, 3.63) is 68.6 Å². The maximum Gasteiger partial charge on any atom is 0.0966 e. The monoisotopic (exact) mass is 456 g/mol. The van der Waals surface area contributed by atoms with Crippen LogP contribution in [0.25, 0.3) is 0 Å². The van der Waals surface area contributed by atoms with E-state index in [1.807, 2.05) is 48.5 Å². The number of benzene rings is 2. The van der Waals surface area contributed by atoms with Gasteiger partial charge in [0.2, 0.25) is 0 Å². The molecule has 4 nitrogen and oxygen atoms in total. The van der Waals surface area contributed by atoms with E-state index in [9.17, 15) is 10.4 Å². The first-order valence-corrected chi connectivity index (χ1v) is 9.39. The zero-order valence-corrected chi connectivity index (χ0v) is 16.0. The lowest BCUT2D eigenvalue weighted by Gasteiger charge is -2.07. The molecule has 2 aromatic carbocycles. The van der Waals surface area contributed by atoms with E-state index in [1.165, 1.54) is 11.8 Å². The molecule has 2 N–H and O–H groups in total. The van der Waals surface area contributed by atoms with E-state index in [2.05, 4.69) is 42.2 Å². The first-order chi connectivity index (χ1) is 11.1. The van der Waals surface area contributed by atoms with Crippen molar-refractivity contribution >= 4 is 55.0 Å². The highest BCUT2D eigenvalue weighted by Crippen LogP contribution is 2.16. The van der Waals surface area contributed by atoms with Crippen LogP contribution in [0.5, 0.6) is 0 Å². The van der Waals surface area contributed by atoms with Crippen molar-refractivity contribution in [2.75, 3.05) is 11.5 Å². The molecule has 23 heavy (non-hydrogen) atoms. The number of rotatable bonds is 6. The fraction of sp³-hybridized carbons (Fsp3) is 0.125. The Morgan fingerprint density at radius 2 is 1.09 bits per heavy atom. The van der Waals surface area contributed by atoms with Gasteiger partial charge in [0.05, 0.1) is 11.4 Å². The van der Waals surface area contributed by atoms with Gasteiger partial charge in [0.25, 0.3) is 0 Å². The summed E-state index contributed by atoms with van der Waals surface area (Å²) in [6, 6.07) is 15.1. The molecule has 0 aliphatic carbocycles. The number of halogens is 2. The van der Waals surface area contributed by atoms with Crippen LogP contribution in [0.1, 0.15) is 11.1 Å². The molecule has 0 saturated heterocycles. The molecule has 0 radical (unpaired) electrons. The number of oxime groups is 2. The van der Waals surface area contributed by atoms with Gasteiger partial charge in [0.15, 0.2) is 0 Å². The van der Waals surface area contributed by atoms with Crippen LogP contribution in [0.4, 0.5) is 0 Å². The molecule has 0 fully saturated rings. The molecule has 0 atom stereocenters. The summed E-state index contributed by atoms with van der Waals surface area (Å²) in [5.41, 5.74) is 2.87. The van der Waals surface area contributed by atoms with Crippen molar-refractivity contribution < 1.29 is 10.4 Å². The van der Waals surface area contributed by atoms with Gasteiger partial charge in [-0.05, 0) is 24.3 Å². The molecule has 2 aromatic rings. The van der Waals surface area contributed by atoms with Gasteiger partial charge in [-0.3, -0.25) is 0 Å². The average molecular weight is 458 g/mol. The maximum absolute atomic E-state index is 9.20. The van der Waals surface area contributed by atoms with Crippen molar-refractivity contribution in [3.63, 3.8) is 0 Å². The van der Waals surface area contributed by atoms with Crippen molar-refractivity contribution in [1.82, 2.24) is 0 Å². The van der Waals surface area contributed by atoms with Crippen LogP contribution in [0, 0.1) is 0 Å². The Balaban J connectivity index is 1.96. The summed E-state index contributed by atoms with van der Waals surface area (Å²) in [6.45, 7) is 0. The Morgan fingerprint density at radius 3 is 1.39 bits per heavy atom. The van der Waals surface area contributed by atoms with Crippen LogP contribution in [-0.4, -0.2) is 33.3 Å². The van der Waals surface area contributed by atoms with Crippen LogP contribution >= 0.6 is 43.6 Å². The molecule has 7 heteroatoms. The van der Waals surface area contributed by atoms with Crippen LogP contribution in [0.15, 0.2) is 67.8 Å². The zero-order chi connectivity index (χ0) is 16.7. The Morgan fingerprint density at radius 1 is 0.739 bits per heavy atom. The first-order valence-electron chi connectivity index (χ1n) is 6.65. The quantitative estimate of drug-likeness (QED) is 0.364. The van der Waals surface area contributed by atoms with E-state index in [0.717, 1.165) is 20.1 Å². The lowest BCUT2D eigenvalue weighted by molar-refractivity contribution is 0.319. The minimum atomic E-state index is 0.508. The van der Waals surface area contributed by atoms with Crippen LogP contribution in [-0.2, 0) is 0 Å². The number of hydrogen-bond acceptors (Lipinski definition) is 5. The topological polar surface area (TPSA) is 65.2 Å². The molecule has 0 heterocycles. The van der Waals surface area contributed by atoms with Gasteiger partial charge >= 0.3 is 0 Å². The summed E-state index contributed by atoms with van der Waals surface area (Å²) in [5, 5.41) is 25.1. The fourth-order valence-corrected chi connectivity index (χ4v) is 3.34. The summed E-state index contributed by atoms with van der Waals surface area (Å²) >= 11 is 8.26. The molecule has 0 unspecified atom stereocenters. The number of thioether (sulfide) groups is 1. The third-order valence-electron chi connectivity index (χ3n) is 3.07. The maximum atomic E-state index is 9.20. The van der Waals surface area contributed by atoms with Crippen molar-refractivity contribution in [2.45, 2.75) is 0 Å². The molecule has 0 aliphatic heterocycles. The minimum absolute atomic E-state index is 0.508. The summed E-state index contributed by atoms with van der Waals surface area (Å²) in [4.78, 5) is 0. The smallest absolute Gasteiger partial charge is 0.0966 e. The second-order valence-electron chi connectivity index (χ2n) is 4.60. The lowest BCUT2D eigenvalue weighted by atomic mass is 10.1. The Bertz CT molecular complexity index is 640. The highest BCUT2D eigenvalue weighted by atomic mass is 79.9.